The Morgan fingerprint density at radius 1 is 1.38 bits per heavy atom. The first-order valence-electron chi connectivity index (χ1n) is 7.55. The van der Waals surface area contributed by atoms with E-state index in [2.05, 4.69) is 5.32 Å². The molecule has 0 radical (unpaired) electrons. The van der Waals surface area contributed by atoms with Gasteiger partial charge in [0, 0.05) is 13.1 Å². The zero-order valence-corrected chi connectivity index (χ0v) is 15.5. The second kappa shape index (κ2) is 10.1. The van der Waals surface area contributed by atoms with Crippen molar-refractivity contribution < 1.29 is 14.5 Å². The molecular weight excluding hydrogens is 350 g/mol. The van der Waals surface area contributed by atoms with Crippen LogP contribution in [0.4, 0.5) is 11.4 Å². The monoisotopic (exact) mass is 371 g/mol. The third kappa shape index (κ3) is 5.97. The zero-order valence-electron chi connectivity index (χ0n) is 13.9. The number of thiocarbonyl (C=S) groups is 1. The van der Waals surface area contributed by atoms with E-state index in [9.17, 15) is 14.9 Å². The molecule has 1 N–H and O–H groups in total. The highest BCUT2D eigenvalue weighted by atomic mass is 32.2. The third-order valence-electron chi connectivity index (χ3n) is 3.10. The van der Waals surface area contributed by atoms with E-state index in [4.69, 9.17) is 17.0 Å². The molecule has 24 heavy (non-hydrogen) atoms. The highest BCUT2D eigenvalue weighted by Crippen LogP contribution is 2.29. The van der Waals surface area contributed by atoms with E-state index in [0.29, 0.717) is 16.7 Å². The Kier molecular flexibility index (Phi) is 8.48. The molecule has 0 saturated heterocycles. The summed E-state index contributed by atoms with van der Waals surface area (Å²) in [5.41, 5.74) is -0.0616. The molecular formula is C15H21N3O4S2. The maximum Gasteiger partial charge on any atom is 0.296 e. The lowest BCUT2D eigenvalue weighted by molar-refractivity contribution is -0.384. The second-order valence-corrected chi connectivity index (χ2v) is 6.25. The van der Waals surface area contributed by atoms with Gasteiger partial charge in [-0.25, -0.2) is 0 Å². The van der Waals surface area contributed by atoms with Crippen molar-refractivity contribution in [3.63, 3.8) is 0 Å². The first kappa shape index (κ1) is 20.2. The molecule has 1 amide bonds. The van der Waals surface area contributed by atoms with Crippen LogP contribution < -0.4 is 10.1 Å². The number of nitro groups is 1. The van der Waals surface area contributed by atoms with E-state index in [1.807, 2.05) is 18.7 Å². The number of carbonyl (C=O) groups is 1. The Morgan fingerprint density at radius 3 is 2.58 bits per heavy atom. The minimum absolute atomic E-state index is 0.0969. The van der Waals surface area contributed by atoms with Crippen molar-refractivity contribution in [1.29, 1.82) is 0 Å². The van der Waals surface area contributed by atoms with Gasteiger partial charge in [-0.05, 0) is 32.9 Å². The zero-order chi connectivity index (χ0) is 18.1. The quantitative estimate of drug-likeness (QED) is 0.426. The van der Waals surface area contributed by atoms with Crippen LogP contribution in [0, 0.1) is 10.1 Å². The van der Waals surface area contributed by atoms with Crippen molar-refractivity contribution in [2.75, 3.05) is 30.8 Å². The van der Waals surface area contributed by atoms with Gasteiger partial charge in [0.1, 0.15) is 15.8 Å². The summed E-state index contributed by atoms with van der Waals surface area (Å²) in [4.78, 5) is 24.6. The Morgan fingerprint density at radius 2 is 2.04 bits per heavy atom. The standard InChI is InChI=1S/C15H21N3O4S2/c1-4-17(5-2)15(23)24-10-14(19)16-12-8-7-11(22-6-3)9-13(12)18(20)21/h7-9H,4-6,10H2,1-3H3,(H,16,19). The van der Waals surface area contributed by atoms with Gasteiger partial charge in [0.15, 0.2) is 0 Å². The lowest BCUT2D eigenvalue weighted by atomic mass is 10.2. The number of nitrogens with zero attached hydrogens (tertiary/aromatic N) is 2. The molecule has 0 fully saturated rings. The molecule has 0 saturated carbocycles. The molecule has 0 spiro atoms. The maximum atomic E-state index is 12.0. The van der Waals surface area contributed by atoms with Crippen LogP contribution >= 0.6 is 24.0 Å². The van der Waals surface area contributed by atoms with Gasteiger partial charge in [-0.3, -0.25) is 14.9 Å². The molecule has 0 aliphatic rings. The summed E-state index contributed by atoms with van der Waals surface area (Å²) >= 11 is 6.49. The van der Waals surface area contributed by atoms with Crippen molar-refractivity contribution in [2.24, 2.45) is 0 Å². The third-order valence-corrected chi connectivity index (χ3v) is 4.62. The number of thioether (sulfide) groups is 1. The number of ether oxygens (including phenoxy) is 1. The van der Waals surface area contributed by atoms with Crippen LogP contribution in [0.5, 0.6) is 5.75 Å². The van der Waals surface area contributed by atoms with Gasteiger partial charge in [-0.1, -0.05) is 24.0 Å². The number of hydrogen-bond acceptors (Lipinski definition) is 6. The summed E-state index contributed by atoms with van der Waals surface area (Å²) in [6.45, 7) is 7.71. The van der Waals surface area contributed by atoms with Crippen LogP contribution in [0.1, 0.15) is 20.8 Å². The Labute approximate surface area is 150 Å². The van der Waals surface area contributed by atoms with Gasteiger partial charge in [-0.2, -0.15) is 0 Å². The summed E-state index contributed by atoms with van der Waals surface area (Å²) < 4.78 is 5.88. The number of rotatable bonds is 8. The van der Waals surface area contributed by atoms with Gasteiger partial charge in [0.05, 0.1) is 23.3 Å². The molecule has 1 rings (SSSR count). The normalized spacial score (nSPS) is 10.1. The van der Waals surface area contributed by atoms with Crippen LogP contribution in [0.2, 0.25) is 0 Å². The van der Waals surface area contributed by atoms with E-state index in [1.165, 1.54) is 23.9 Å². The van der Waals surface area contributed by atoms with Crippen molar-refractivity contribution in [2.45, 2.75) is 20.8 Å². The highest BCUT2D eigenvalue weighted by Gasteiger charge is 2.18. The average molecular weight is 371 g/mol. The van der Waals surface area contributed by atoms with Crippen molar-refractivity contribution in [3.8, 4) is 5.75 Å². The van der Waals surface area contributed by atoms with Crippen LogP contribution in [0.25, 0.3) is 0 Å². The van der Waals surface area contributed by atoms with E-state index in [-0.39, 0.29) is 23.0 Å². The van der Waals surface area contributed by atoms with Crippen molar-refractivity contribution in [3.05, 3.63) is 28.3 Å². The number of amides is 1. The molecule has 0 aromatic heterocycles. The summed E-state index contributed by atoms with van der Waals surface area (Å²) in [6, 6.07) is 4.35. The van der Waals surface area contributed by atoms with Crippen LogP contribution in [-0.4, -0.2) is 45.5 Å². The fourth-order valence-electron chi connectivity index (χ4n) is 1.91. The van der Waals surface area contributed by atoms with Gasteiger partial charge in [0.25, 0.3) is 5.69 Å². The largest absolute Gasteiger partial charge is 0.494 e. The average Bonchev–Trinajstić information content (AvgIpc) is 2.55. The SMILES string of the molecule is CCOc1ccc(NC(=O)CSC(=S)N(CC)CC)c([N+](=O)[O-])c1. The molecule has 0 heterocycles. The van der Waals surface area contributed by atoms with Crippen LogP contribution in [-0.2, 0) is 4.79 Å². The molecule has 0 bridgehead atoms. The van der Waals surface area contributed by atoms with Crippen LogP contribution in [0.15, 0.2) is 18.2 Å². The Bertz CT molecular complexity index is 606. The minimum atomic E-state index is -0.550. The highest BCUT2D eigenvalue weighted by molar-refractivity contribution is 8.23. The lowest BCUT2D eigenvalue weighted by Gasteiger charge is -2.20. The fraction of sp³-hybridized carbons (Fsp3) is 0.467. The first-order chi connectivity index (χ1) is 11.4. The van der Waals surface area contributed by atoms with Gasteiger partial charge < -0.3 is 15.0 Å². The Hall–Kier alpha value is -1.87. The fourth-order valence-corrected chi connectivity index (χ4v) is 3.11. The molecule has 0 aliphatic carbocycles. The molecule has 0 aliphatic heterocycles. The van der Waals surface area contributed by atoms with E-state index in [1.54, 1.807) is 13.0 Å². The summed E-state index contributed by atoms with van der Waals surface area (Å²) in [5, 5.41) is 13.7. The topological polar surface area (TPSA) is 84.7 Å². The summed E-state index contributed by atoms with van der Waals surface area (Å²) in [7, 11) is 0. The number of benzene rings is 1. The maximum absolute atomic E-state index is 12.0. The van der Waals surface area contributed by atoms with Gasteiger partial charge in [0.2, 0.25) is 5.91 Å². The number of nitrogens with one attached hydrogen (secondary N) is 1. The van der Waals surface area contributed by atoms with Crippen molar-refractivity contribution >= 4 is 45.6 Å². The smallest absolute Gasteiger partial charge is 0.296 e. The molecule has 7 nitrogen and oxygen atoms in total. The Balaban J connectivity index is 2.73. The molecule has 1 aromatic rings. The number of anilines is 1. The lowest BCUT2D eigenvalue weighted by Crippen LogP contribution is -2.28. The van der Waals surface area contributed by atoms with E-state index < -0.39 is 4.92 Å². The van der Waals surface area contributed by atoms with Gasteiger partial charge in [-0.15, -0.1) is 0 Å². The van der Waals surface area contributed by atoms with E-state index >= 15 is 0 Å². The molecule has 132 valence electrons. The molecule has 1 aromatic carbocycles. The van der Waals surface area contributed by atoms with E-state index in [0.717, 1.165) is 13.1 Å². The number of nitro benzene ring substituents is 1. The van der Waals surface area contributed by atoms with Gasteiger partial charge >= 0.3 is 0 Å². The molecule has 0 atom stereocenters. The first-order valence-corrected chi connectivity index (χ1v) is 8.95. The predicted octanol–water partition coefficient (Wildman–Crippen LogP) is 3.29. The summed E-state index contributed by atoms with van der Waals surface area (Å²) in [5.74, 6) is 0.140. The van der Waals surface area contributed by atoms with Crippen molar-refractivity contribution in [1.82, 2.24) is 4.90 Å². The number of carbonyl (C=O) groups excluding carboxylic acids is 1. The summed E-state index contributed by atoms with van der Waals surface area (Å²) in [6.07, 6.45) is 0. The second-order valence-electron chi connectivity index (χ2n) is 4.64. The minimum Gasteiger partial charge on any atom is -0.494 e. The predicted molar refractivity (Wildman–Crippen MR) is 101 cm³/mol. The number of hydrogen-bond donors (Lipinski definition) is 1. The molecule has 0 unspecified atom stereocenters. The van der Waals surface area contributed by atoms with Crippen LogP contribution in [0.3, 0.4) is 0 Å². The molecule has 9 heteroatoms.